The molecule has 0 saturated carbocycles. The minimum atomic E-state index is -0.379. The van der Waals surface area contributed by atoms with E-state index < -0.39 is 0 Å². The van der Waals surface area contributed by atoms with Gasteiger partial charge in [-0.05, 0) is 48.4 Å². The predicted molar refractivity (Wildman–Crippen MR) is 94.8 cm³/mol. The molecule has 128 valence electrons. The Morgan fingerprint density at radius 2 is 1.88 bits per heavy atom. The summed E-state index contributed by atoms with van der Waals surface area (Å²) < 4.78 is 0. The van der Waals surface area contributed by atoms with Crippen LogP contribution in [0.15, 0.2) is 24.3 Å². The number of hydrogen-bond donors (Lipinski definition) is 1. The Labute approximate surface area is 143 Å². The Morgan fingerprint density at radius 1 is 1.17 bits per heavy atom. The topological polar surface area (TPSA) is 66.6 Å². The molecule has 1 fully saturated rings. The third-order valence-corrected chi connectivity index (χ3v) is 5.06. The highest BCUT2D eigenvalue weighted by molar-refractivity contribution is 5.98. The summed E-state index contributed by atoms with van der Waals surface area (Å²) >= 11 is 0. The van der Waals surface area contributed by atoms with Gasteiger partial charge in [-0.15, -0.1) is 0 Å². The Bertz CT molecular complexity index is 682. The maximum absolute atomic E-state index is 11.9. The van der Waals surface area contributed by atoms with Crippen LogP contribution >= 0.6 is 0 Å². The minimum absolute atomic E-state index is 0.0511. The molecule has 2 aliphatic rings. The van der Waals surface area contributed by atoms with Crippen LogP contribution in [0.4, 0.5) is 4.79 Å². The maximum Gasteiger partial charge on any atom is 0.319 e. The van der Waals surface area contributed by atoms with Crippen molar-refractivity contribution in [3.8, 4) is 0 Å². The molecule has 0 radical (unpaired) electrons. The second-order valence-electron chi connectivity index (χ2n) is 6.88. The van der Waals surface area contributed by atoms with E-state index in [1.807, 2.05) is 26.2 Å². The summed E-state index contributed by atoms with van der Waals surface area (Å²) in [5.74, 6) is -0.140. The number of likely N-dealkylation sites (N-methyl/N-ethyl adjacent to an activating group) is 2. The average Bonchev–Trinajstić information content (AvgIpc) is 2.59. The molecule has 1 aliphatic carbocycles. The second-order valence-corrected chi connectivity index (χ2v) is 6.88. The molecule has 0 aromatic heterocycles. The van der Waals surface area contributed by atoms with Crippen molar-refractivity contribution in [1.29, 1.82) is 0 Å². The van der Waals surface area contributed by atoms with Gasteiger partial charge in [-0.25, -0.2) is 4.79 Å². The van der Waals surface area contributed by atoms with Gasteiger partial charge in [0.15, 0.2) is 0 Å². The Morgan fingerprint density at radius 3 is 2.46 bits per heavy atom. The van der Waals surface area contributed by atoms with Gasteiger partial charge in [0.05, 0.1) is 0 Å². The highest BCUT2D eigenvalue weighted by atomic mass is 16.2. The average molecular weight is 327 g/mol. The summed E-state index contributed by atoms with van der Waals surface area (Å²) in [6, 6.07) is 5.99. The van der Waals surface area contributed by atoms with E-state index in [1.165, 1.54) is 12.0 Å². The fourth-order valence-corrected chi connectivity index (χ4v) is 3.76. The lowest BCUT2D eigenvalue weighted by molar-refractivity contribution is 0.1000. The number of primary amides is 1. The van der Waals surface area contributed by atoms with Gasteiger partial charge >= 0.3 is 6.03 Å². The number of carbonyl (C=O) groups is 2. The van der Waals surface area contributed by atoms with Crippen LogP contribution in [0.3, 0.4) is 0 Å². The van der Waals surface area contributed by atoms with Crippen molar-refractivity contribution in [2.24, 2.45) is 5.73 Å². The monoisotopic (exact) mass is 327 g/mol. The van der Waals surface area contributed by atoms with Crippen molar-refractivity contribution in [3.63, 3.8) is 0 Å². The molecule has 1 aromatic rings. The third kappa shape index (κ3) is 3.16. The van der Waals surface area contributed by atoms with E-state index in [2.05, 4.69) is 12.1 Å². The van der Waals surface area contributed by atoms with E-state index in [0.717, 1.165) is 30.4 Å². The normalized spacial score (nSPS) is 19.4. The molecule has 2 N–H and O–H groups in total. The number of benzene rings is 1. The van der Waals surface area contributed by atoms with E-state index >= 15 is 0 Å². The van der Waals surface area contributed by atoms with Crippen LogP contribution in [0.2, 0.25) is 0 Å². The Hall–Kier alpha value is -2.30. The van der Waals surface area contributed by atoms with Gasteiger partial charge in [0.1, 0.15) is 0 Å². The smallest absolute Gasteiger partial charge is 0.319 e. The van der Waals surface area contributed by atoms with Gasteiger partial charge in [0, 0.05) is 38.7 Å². The molecule has 3 amide bonds. The molecular formula is C19H25N3O2. The number of allylic oxidation sites excluding steroid dienone is 2. The molecule has 3 rings (SSSR count). The maximum atomic E-state index is 11.9. The summed E-state index contributed by atoms with van der Waals surface area (Å²) in [6.45, 7) is 1.38. The molecule has 0 atom stereocenters. The summed E-state index contributed by atoms with van der Waals surface area (Å²) in [6.07, 6.45) is 6.64. The van der Waals surface area contributed by atoms with Crippen LogP contribution in [0, 0.1) is 0 Å². The lowest BCUT2D eigenvalue weighted by Crippen LogP contribution is -2.48. The Balaban J connectivity index is 1.97. The predicted octanol–water partition coefficient (Wildman–Crippen LogP) is 2.82. The summed E-state index contributed by atoms with van der Waals surface area (Å²) in [7, 11) is 3.65. The van der Waals surface area contributed by atoms with Gasteiger partial charge in [-0.3, -0.25) is 4.79 Å². The zero-order valence-electron chi connectivity index (χ0n) is 14.4. The van der Waals surface area contributed by atoms with Crippen molar-refractivity contribution in [2.45, 2.75) is 31.6 Å². The van der Waals surface area contributed by atoms with Gasteiger partial charge in [-0.2, -0.15) is 0 Å². The van der Waals surface area contributed by atoms with Crippen molar-refractivity contribution >= 4 is 17.5 Å². The summed E-state index contributed by atoms with van der Waals surface area (Å²) in [5, 5.41) is 0. The van der Waals surface area contributed by atoms with Crippen LogP contribution in [0.1, 0.15) is 53.1 Å². The first-order valence-electron chi connectivity index (χ1n) is 8.56. The first kappa shape index (κ1) is 16.6. The summed E-state index contributed by atoms with van der Waals surface area (Å²) in [5.41, 5.74) is 9.54. The standard InChI is InChI=1S/C19H25N3O2/c1-21-11-15(12-22(2)19(21)24)14-8-9-16(18(20)23)17(10-14)13-6-4-3-5-7-13/h6,8-10,15H,3-5,7,11-12H2,1-2H3,(H2,20,23). The molecule has 1 aliphatic heterocycles. The highest BCUT2D eigenvalue weighted by Crippen LogP contribution is 2.32. The van der Waals surface area contributed by atoms with E-state index in [-0.39, 0.29) is 17.9 Å². The molecule has 1 saturated heterocycles. The van der Waals surface area contributed by atoms with Crippen LogP contribution in [-0.4, -0.2) is 48.9 Å². The van der Waals surface area contributed by atoms with Crippen molar-refractivity contribution in [3.05, 3.63) is 41.0 Å². The van der Waals surface area contributed by atoms with Crippen LogP contribution in [0.25, 0.3) is 5.57 Å². The third-order valence-electron chi connectivity index (χ3n) is 5.06. The van der Waals surface area contributed by atoms with Gasteiger partial charge < -0.3 is 15.5 Å². The molecule has 0 bridgehead atoms. The minimum Gasteiger partial charge on any atom is -0.366 e. The van der Waals surface area contributed by atoms with Crippen LogP contribution < -0.4 is 5.73 Å². The van der Waals surface area contributed by atoms with Gasteiger partial charge in [0.25, 0.3) is 0 Å². The zero-order chi connectivity index (χ0) is 17.3. The zero-order valence-corrected chi connectivity index (χ0v) is 14.4. The van der Waals surface area contributed by atoms with Crippen LogP contribution in [-0.2, 0) is 0 Å². The molecule has 5 heteroatoms. The number of nitrogens with two attached hydrogens (primary N) is 1. The quantitative estimate of drug-likeness (QED) is 0.927. The molecular weight excluding hydrogens is 302 g/mol. The van der Waals surface area contributed by atoms with E-state index in [9.17, 15) is 9.59 Å². The molecule has 5 nitrogen and oxygen atoms in total. The second kappa shape index (κ2) is 6.67. The molecule has 24 heavy (non-hydrogen) atoms. The lowest BCUT2D eigenvalue weighted by Gasteiger charge is -2.36. The van der Waals surface area contributed by atoms with E-state index in [1.54, 1.807) is 9.80 Å². The number of urea groups is 1. The van der Waals surface area contributed by atoms with Crippen molar-refractivity contribution in [2.75, 3.05) is 27.2 Å². The highest BCUT2D eigenvalue weighted by Gasteiger charge is 2.28. The largest absolute Gasteiger partial charge is 0.366 e. The lowest BCUT2D eigenvalue weighted by atomic mass is 9.86. The van der Waals surface area contributed by atoms with Crippen molar-refractivity contribution < 1.29 is 9.59 Å². The first-order chi connectivity index (χ1) is 11.5. The fourth-order valence-electron chi connectivity index (χ4n) is 3.76. The fraction of sp³-hybridized carbons (Fsp3) is 0.474. The Kier molecular flexibility index (Phi) is 4.60. The number of rotatable bonds is 3. The van der Waals surface area contributed by atoms with Crippen LogP contribution in [0.5, 0.6) is 0 Å². The molecule has 0 spiro atoms. The molecule has 1 heterocycles. The number of nitrogens with zero attached hydrogens (tertiary/aromatic N) is 2. The van der Waals surface area contributed by atoms with E-state index in [4.69, 9.17) is 5.73 Å². The number of hydrogen-bond acceptors (Lipinski definition) is 2. The molecule has 1 aromatic carbocycles. The number of carbonyl (C=O) groups excluding carboxylic acids is 2. The number of amides is 3. The van der Waals surface area contributed by atoms with E-state index in [0.29, 0.717) is 18.7 Å². The van der Waals surface area contributed by atoms with Crippen molar-refractivity contribution in [1.82, 2.24) is 9.80 Å². The first-order valence-corrected chi connectivity index (χ1v) is 8.56. The summed E-state index contributed by atoms with van der Waals surface area (Å²) in [4.78, 5) is 27.3. The van der Waals surface area contributed by atoms with Gasteiger partial charge in [-0.1, -0.05) is 18.2 Å². The molecule has 0 unspecified atom stereocenters. The SMILES string of the molecule is CN1CC(c2ccc(C(N)=O)c(C3=CCCCC3)c2)CN(C)C1=O. The van der Waals surface area contributed by atoms with Gasteiger partial charge in [0.2, 0.25) is 5.91 Å².